The van der Waals surface area contributed by atoms with Gasteiger partial charge in [0, 0.05) is 18.8 Å². The van der Waals surface area contributed by atoms with Gasteiger partial charge in [-0.1, -0.05) is 22.4 Å². The average molecular weight is 381 g/mol. The normalized spacial score (nSPS) is 11.0. The van der Waals surface area contributed by atoms with Crippen LogP contribution in [0.3, 0.4) is 0 Å². The third-order valence-corrected chi connectivity index (χ3v) is 4.47. The Morgan fingerprint density at radius 1 is 1.14 bits per heavy atom. The van der Waals surface area contributed by atoms with Gasteiger partial charge in [-0.25, -0.2) is 4.39 Å². The summed E-state index contributed by atoms with van der Waals surface area (Å²) in [6.07, 6.45) is 1.64. The van der Waals surface area contributed by atoms with Crippen molar-refractivity contribution in [3.05, 3.63) is 59.4 Å². The molecule has 4 rings (SSSR count). The van der Waals surface area contributed by atoms with Crippen molar-refractivity contribution in [1.82, 2.24) is 20.1 Å². The lowest BCUT2D eigenvalue weighted by atomic mass is 10.1. The minimum atomic E-state index is -0.518. The van der Waals surface area contributed by atoms with Gasteiger partial charge in [-0.05, 0) is 31.5 Å². The first-order chi connectivity index (χ1) is 13.4. The van der Waals surface area contributed by atoms with Crippen LogP contribution in [-0.2, 0) is 7.05 Å². The van der Waals surface area contributed by atoms with Crippen molar-refractivity contribution in [1.29, 1.82) is 0 Å². The molecule has 8 nitrogen and oxygen atoms in total. The molecule has 0 aliphatic heterocycles. The van der Waals surface area contributed by atoms with Crippen LogP contribution in [-0.4, -0.2) is 26.0 Å². The maximum Gasteiger partial charge on any atom is 0.280 e. The van der Waals surface area contributed by atoms with Gasteiger partial charge in [-0.3, -0.25) is 14.8 Å². The van der Waals surface area contributed by atoms with Crippen molar-refractivity contribution in [3.63, 3.8) is 0 Å². The van der Waals surface area contributed by atoms with E-state index in [1.54, 1.807) is 29.9 Å². The SMILES string of the molecule is Cc1noc(NC(=O)c2cc(-c3cnn(C)c3C)on2)c1-c1ccc(F)cc1. The second-order valence-corrected chi connectivity index (χ2v) is 6.28. The van der Waals surface area contributed by atoms with Gasteiger partial charge in [0.15, 0.2) is 11.5 Å². The largest absolute Gasteiger partial charge is 0.355 e. The molecule has 9 heteroatoms. The van der Waals surface area contributed by atoms with E-state index in [9.17, 15) is 9.18 Å². The summed E-state index contributed by atoms with van der Waals surface area (Å²) in [5.41, 5.74) is 3.51. The van der Waals surface area contributed by atoms with Gasteiger partial charge in [0.05, 0.1) is 23.0 Å². The van der Waals surface area contributed by atoms with E-state index in [0.29, 0.717) is 22.6 Å². The Kier molecular flexibility index (Phi) is 4.26. The number of amides is 1. The summed E-state index contributed by atoms with van der Waals surface area (Å²) in [7, 11) is 1.81. The van der Waals surface area contributed by atoms with Crippen LogP contribution in [0.2, 0.25) is 0 Å². The highest BCUT2D eigenvalue weighted by atomic mass is 19.1. The molecule has 0 unspecified atom stereocenters. The van der Waals surface area contributed by atoms with Crippen molar-refractivity contribution in [2.75, 3.05) is 5.32 Å². The molecular formula is C19H16FN5O3. The predicted octanol–water partition coefficient (Wildman–Crippen LogP) is 3.74. The van der Waals surface area contributed by atoms with E-state index in [4.69, 9.17) is 9.05 Å². The first kappa shape index (κ1) is 17.7. The summed E-state index contributed by atoms with van der Waals surface area (Å²) in [6.45, 7) is 3.62. The number of nitrogens with zero attached hydrogens (tertiary/aromatic N) is 4. The van der Waals surface area contributed by atoms with Gasteiger partial charge in [0.1, 0.15) is 5.82 Å². The molecule has 0 aliphatic rings. The van der Waals surface area contributed by atoms with Crippen LogP contribution in [0.4, 0.5) is 10.3 Å². The molecule has 0 spiro atoms. The molecule has 28 heavy (non-hydrogen) atoms. The number of nitrogens with one attached hydrogen (secondary N) is 1. The minimum absolute atomic E-state index is 0.0809. The molecule has 0 bridgehead atoms. The number of aryl methyl sites for hydroxylation is 2. The van der Waals surface area contributed by atoms with Gasteiger partial charge in [-0.15, -0.1) is 0 Å². The number of anilines is 1. The summed E-state index contributed by atoms with van der Waals surface area (Å²) >= 11 is 0. The fourth-order valence-electron chi connectivity index (χ4n) is 2.83. The molecule has 0 saturated carbocycles. The number of hydrogen-bond acceptors (Lipinski definition) is 6. The minimum Gasteiger partial charge on any atom is -0.355 e. The standard InChI is InChI=1S/C19H16FN5O3/c1-10-17(12-4-6-13(20)7-5-12)19(28-23-10)22-18(26)15-8-16(27-24-15)14-9-21-25(3)11(14)2/h4-9H,1-3H3,(H,22,26). The Morgan fingerprint density at radius 3 is 2.57 bits per heavy atom. The highest BCUT2D eigenvalue weighted by Crippen LogP contribution is 2.32. The molecular weight excluding hydrogens is 365 g/mol. The Bertz CT molecular complexity index is 1160. The third-order valence-electron chi connectivity index (χ3n) is 4.47. The maximum absolute atomic E-state index is 13.2. The molecule has 1 N–H and O–H groups in total. The molecule has 4 aromatic rings. The van der Waals surface area contributed by atoms with Crippen LogP contribution in [0, 0.1) is 19.7 Å². The van der Waals surface area contributed by atoms with Gasteiger partial charge in [-0.2, -0.15) is 5.10 Å². The van der Waals surface area contributed by atoms with Crippen LogP contribution in [0.5, 0.6) is 0 Å². The van der Waals surface area contributed by atoms with Gasteiger partial charge in [0.2, 0.25) is 5.88 Å². The van der Waals surface area contributed by atoms with Crippen molar-refractivity contribution in [3.8, 4) is 22.5 Å². The van der Waals surface area contributed by atoms with Crippen molar-refractivity contribution < 1.29 is 18.2 Å². The average Bonchev–Trinajstić information content (AvgIpc) is 3.37. The number of rotatable bonds is 4. The number of aromatic nitrogens is 4. The zero-order chi connectivity index (χ0) is 19.8. The summed E-state index contributed by atoms with van der Waals surface area (Å²) in [4.78, 5) is 12.6. The number of halogens is 1. The zero-order valence-corrected chi connectivity index (χ0v) is 15.4. The maximum atomic E-state index is 13.2. The van der Waals surface area contributed by atoms with Crippen LogP contribution in [0.25, 0.3) is 22.5 Å². The Hall–Kier alpha value is -3.75. The molecule has 3 aromatic heterocycles. The van der Waals surface area contributed by atoms with Crippen LogP contribution in [0.1, 0.15) is 21.9 Å². The summed E-state index contributed by atoms with van der Waals surface area (Å²) in [5, 5.41) is 14.5. The molecule has 1 aromatic carbocycles. The lowest BCUT2D eigenvalue weighted by Crippen LogP contribution is -2.12. The van der Waals surface area contributed by atoms with Gasteiger partial charge >= 0.3 is 0 Å². The van der Waals surface area contributed by atoms with Gasteiger partial charge in [0.25, 0.3) is 5.91 Å². The van der Waals surface area contributed by atoms with Crippen LogP contribution >= 0.6 is 0 Å². The molecule has 0 saturated heterocycles. The number of hydrogen-bond donors (Lipinski definition) is 1. The molecule has 0 radical (unpaired) electrons. The third kappa shape index (κ3) is 3.07. The van der Waals surface area contributed by atoms with E-state index >= 15 is 0 Å². The van der Waals surface area contributed by atoms with Gasteiger partial charge < -0.3 is 9.05 Å². The Balaban J connectivity index is 1.60. The van der Waals surface area contributed by atoms with Crippen LogP contribution in [0.15, 0.2) is 45.6 Å². The van der Waals surface area contributed by atoms with E-state index < -0.39 is 5.91 Å². The lowest BCUT2D eigenvalue weighted by molar-refractivity contribution is 0.101. The first-order valence-corrected chi connectivity index (χ1v) is 8.43. The Labute approximate surface area is 158 Å². The van der Waals surface area contributed by atoms with E-state index in [1.165, 1.54) is 18.2 Å². The molecule has 3 heterocycles. The van der Waals surface area contributed by atoms with Crippen LogP contribution < -0.4 is 5.32 Å². The second-order valence-electron chi connectivity index (χ2n) is 6.28. The molecule has 0 atom stereocenters. The highest BCUT2D eigenvalue weighted by Gasteiger charge is 2.21. The fourth-order valence-corrected chi connectivity index (χ4v) is 2.83. The quantitative estimate of drug-likeness (QED) is 0.578. The molecule has 0 fully saturated rings. The van der Waals surface area contributed by atoms with Crippen molar-refractivity contribution >= 4 is 11.8 Å². The number of carbonyl (C=O) groups is 1. The summed E-state index contributed by atoms with van der Waals surface area (Å²) in [5.74, 6) is -0.292. The molecule has 1 amide bonds. The number of benzene rings is 1. The fraction of sp³-hybridized carbons (Fsp3) is 0.158. The lowest BCUT2D eigenvalue weighted by Gasteiger charge is -2.03. The smallest absolute Gasteiger partial charge is 0.280 e. The zero-order valence-electron chi connectivity index (χ0n) is 15.4. The van der Waals surface area contributed by atoms with Crippen molar-refractivity contribution in [2.45, 2.75) is 13.8 Å². The summed E-state index contributed by atoms with van der Waals surface area (Å²) in [6, 6.07) is 7.36. The van der Waals surface area contributed by atoms with E-state index in [0.717, 1.165) is 11.3 Å². The first-order valence-electron chi connectivity index (χ1n) is 8.43. The topological polar surface area (TPSA) is 99.0 Å². The molecule has 142 valence electrons. The predicted molar refractivity (Wildman–Crippen MR) is 98.0 cm³/mol. The van der Waals surface area contributed by atoms with E-state index in [2.05, 4.69) is 20.7 Å². The van der Waals surface area contributed by atoms with E-state index in [-0.39, 0.29) is 17.4 Å². The number of carbonyl (C=O) groups excluding carboxylic acids is 1. The second kappa shape index (κ2) is 6.76. The Morgan fingerprint density at radius 2 is 1.89 bits per heavy atom. The van der Waals surface area contributed by atoms with Crippen molar-refractivity contribution in [2.24, 2.45) is 7.05 Å². The molecule has 0 aliphatic carbocycles. The monoisotopic (exact) mass is 381 g/mol. The van der Waals surface area contributed by atoms with E-state index in [1.807, 2.05) is 14.0 Å². The summed E-state index contributed by atoms with van der Waals surface area (Å²) < 4.78 is 25.4. The highest BCUT2D eigenvalue weighted by molar-refractivity contribution is 6.04.